The third-order valence-corrected chi connectivity index (χ3v) is 2.35. The molecule has 0 fully saturated rings. The molecule has 0 bridgehead atoms. The Labute approximate surface area is 105 Å². The SMILES string of the molecule is CC(=O)CC(=O)N(C)CCOc1ccccc1F. The summed E-state index contributed by atoms with van der Waals surface area (Å²) in [7, 11) is 1.58. The van der Waals surface area contributed by atoms with E-state index in [1.807, 2.05) is 0 Å². The molecule has 0 N–H and O–H groups in total. The van der Waals surface area contributed by atoms with Crippen LogP contribution in [0, 0.1) is 5.82 Å². The van der Waals surface area contributed by atoms with Gasteiger partial charge in [-0.1, -0.05) is 12.1 Å². The maximum Gasteiger partial charge on any atom is 0.229 e. The van der Waals surface area contributed by atoms with Crippen molar-refractivity contribution in [3.63, 3.8) is 0 Å². The molecule has 0 saturated heterocycles. The van der Waals surface area contributed by atoms with Crippen LogP contribution in [0.1, 0.15) is 13.3 Å². The largest absolute Gasteiger partial charge is 0.489 e. The fourth-order valence-electron chi connectivity index (χ4n) is 1.33. The Hall–Kier alpha value is -1.91. The maximum atomic E-state index is 13.2. The average Bonchev–Trinajstić information content (AvgIpc) is 2.30. The second-order valence-electron chi connectivity index (χ2n) is 3.97. The molecule has 5 heteroatoms. The summed E-state index contributed by atoms with van der Waals surface area (Å²) in [6.45, 7) is 1.85. The topological polar surface area (TPSA) is 46.6 Å². The first kappa shape index (κ1) is 14.2. The van der Waals surface area contributed by atoms with E-state index in [4.69, 9.17) is 4.74 Å². The Balaban J connectivity index is 2.36. The highest BCUT2D eigenvalue weighted by atomic mass is 19.1. The smallest absolute Gasteiger partial charge is 0.229 e. The highest BCUT2D eigenvalue weighted by Crippen LogP contribution is 2.14. The molecule has 98 valence electrons. The number of halogens is 1. The van der Waals surface area contributed by atoms with Crippen molar-refractivity contribution < 1.29 is 18.7 Å². The maximum absolute atomic E-state index is 13.2. The molecule has 1 rings (SSSR count). The quantitative estimate of drug-likeness (QED) is 0.724. The second kappa shape index (κ2) is 6.74. The second-order valence-corrected chi connectivity index (χ2v) is 3.97. The molecule has 4 nitrogen and oxygen atoms in total. The van der Waals surface area contributed by atoms with Gasteiger partial charge >= 0.3 is 0 Å². The molecular formula is C13H16FNO3. The van der Waals surface area contributed by atoms with Gasteiger partial charge in [0.1, 0.15) is 12.4 Å². The molecule has 0 spiro atoms. The van der Waals surface area contributed by atoms with Crippen molar-refractivity contribution in [2.24, 2.45) is 0 Å². The number of hydrogen-bond donors (Lipinski definition) is 0. The van der Waals surface area contributed by atoms with Crippen molar-refractivity contribution in [1.29, 1.82) is 0 Å². The van der Waals surface area contributed by atoms with Crippen LogP contribution >= 0.6 is 0 Å². The lowest BCUT2D eigenvalue weighted by Gasteiger charge is -2.16. The van der Waals surface area contributed by atoms with Crippen LogP contribution in [0.25, 0.3) is 0 Å². The van der Waals surface area contributed by atoms with Gasteiger partial charge in [0.15, 0.2) is 11.6 Å². The molecule has 0 radical (unpaired) electrons. The number of rotatable bonds is 6. The number of benzene rings is 1. The molecule has 0 heterocycles. The van der Waals surface area contributed by atoms with Crippen molar-refractivity contribution in [2.75, 3.05) is 20.2 Å². The highest BCUT2D eigenvalue weighted by molar-refractivity contribution is 5.96. The van der Waals surface area contributed by atoms with Gasteiger partial charge < -0.3 is 9.64 Å². The first-order valence-corrected chi connectivity index (χ1v) is 5.61. The zero-order valence-electron chi connectivity index (χ0n) is 10.5. The monoisotopic (exact) mass is 253 g/mol. The predicted molar refractivity (Wildman–Crippen MR) is 64.8 cm³/mol. The Morgan fingerprint density at radius 3 is 2.61 bits per heavy atom. The van der Waals surface area contributed by atoms with Crippen molar-refractivity contribution in [3.05, 3.63) is 30.1 Å². The zero-order valence-corrected chi connectivity index (χ0v) is 10.5. The lowest BCUT2D eigenvalue weighted by Crippen LogP contribution is -2.31. The number of nitrogens with zero attached hydrogens (tertiary/aromatic N) is 1. The van der Waals surface area contributed by atoms with Crippen LogP contribution < -0.4 is 4.74 Å². The van der Waals surface area contributed by atoms with E-state index < -0.39 is 5.82 Å². The Morgan fingerprint density at radius 2 is 2.00 bits per heavy atom. The molecule has 0 aliphatic carbocycles. The van der Waals surface area contributed by atoms with E-state index >= 15 is 0 Å². The van der Waals surface area contributed by atoms with E-state index in [1.165, 1.54) is 24.0 Å². The van der Waals surface area contributed by atoms with Gasteiger partial charge in [-0.2, -0.15) is 0 Å². The van der Waals surface area contributed by atoms with E-state index in [9.17, 15) is 14.0 Å². The number of ketones is 1. The summed E-state index contributed by atoms with van der Waals surface area (Å²) >= 11 is 0. The molecule has 0 aromatic heterocycles. The molecule has 18 heavy (non-hydrogen) atoms. The molecule has 1 aromatic rings. The van der Waals surface area contributed by atoms with Crippen LogP contribution in [0.2, 0.25) is 0 Å². The van der Waals surface area contributed by atoms with Gasteiger partial charge in [0.25, 0.3) is 0 Å². The van der Waals surface area contributed by atoms with Crippen molar-refractivity contribution in [1.82, 2.24) is 4.90 Å². The van der Waals surface area contributed by atoms with Gasteiger partial charge in [-0.3, -0.25) is 9.59 Å². The summed E-state index contributed by atoms with van der Waals surface area (Å²) in [6, 6.07) is 6.07. The summed E-state index contributed by atoms with van der Waals surface area (Å²) in [5.74, 6) is -0.721. The Morgan fingerprint density at radius 1 is 1.33 bits per heavy atom. The number of para-hydroxylation sites is 1. The number of Topliss-reactive ketones (excluding diaryl/α,β-unsaturated/α-hetero) is 1. The number of ether oxygens (including phenoxy) is 1. The van der Waals surface area contributed by atoms with Crippen molar-refractivity contribution in [3.8, 4) is 5.75 Å². The Bertz CT molecular complexity index is 434. The number of amides is 1. The molecular weight excluding hydrogens is 237 g/mol. The number of carbonyl (C=O) groups excluding carboxylic acids is 2. The molecule has 0 unspecified atom stereocenters. The first-order valence-electron chi connectivity index (χ1n) is 5.61. The van der Waals surface area contributed by atoms with Crippen LogP contribution in [0.5, 0.6) is 5.75 Å². The van der Waals surface area contributed by atoms with Gasteiger partial charge in [0.2, 0.25) is 5.91 Å². The van der Waals surface area contributed by atoms with Crippen LogP contribution in [-0.4, -0.2) is 36.8 Å². The Kier molecular flexibility index (Phi) is 5.30. The van der Waals surface area contributed by atoms with Crippen LogP contribution in [0.3, 0.4) is 0 Å². The minimum absolute atomic E-state index is 0.115. The third kappa shape index (κ3) is 4.53. The zero-order chi connectivity index (χ0) is 13.5. The van der Waals surface area contributed by atoms with Gasteiger partial charge in [0, 0.05) is 7.05 Å². The summed E-state index contributed by atoms with van der Waals surface area (Å²) in [5.41, 5.74) is 0. The summed E-state index contributed by atoms with van der Waals surface area (Å²) in [5, 5.41) is 0. The van der Waals surface area contributed by atoms with E-state index in [-0.39, 0.29) is 30.5 Å². The fourth-order valence-corrected chi connectivity index (χ4v) is 1.33. The predicted octanol–water partition coefficient (Wildman–Crippen LogP) is 1.64. The fraction of sp³-hybridized carbons (Fsp3) is 0.385. The summed E-state index contributed by atoms with van der Waals surface area (Å²) in [6.07, 6.45) is -0.115. The molecule has 0 atom stereocenters. The van der Waals surface area contributed by atoms with E-state index in [0.717, 1.165) is 0 Å². The molecule has 0 aliphatic rings. The highest BCUT2D eigenvalue weighted by Gasteiger charge is 2.11. The van der Waals surface area contributed by atoms with Gasteiger partial charge in [-0.05, 0) is 19.1 Å². The van der Waals surface area contributed by atoms with E-state index in [2.05, 4.69) is 0 Å². The van der Waals surface area contributed by atoms with Gasteiger partial charge in [-0.25, -0.2) is 4.39 Å². The van der Waals surface area contributed by atoms with Crippen LogP contribution in [-0.2, 0) is 9.59 Å². The molecule has 0 saturated carbocycles. The number of likely N-dealkylation sites (N-methyl/N-ethyl adjacent to an activating group) is 1. The van der Waals surface area contributed by atoms with Gasteiger partial charge in [-0.15, -0.1) is 0 Å². The standard InChI is InChI=1S/C13H16FNO3/c1-10(16)9-13(17)15(2)7-8-18-12-6-4-3-5-11(12)14/h3-6H,7-9H2,1-2H3. The van der Waals surface area contributed by atoms with Gasteiger partial charge in [0.05, 0.1) is 13.0 Å². The minimum Gasteiger partial charge on any atom is -0.489 e. The minimum atomic E-state index is -0.435. The summed E-state index contributed by atoms with van der Waals surface area (Å²) in [4.78, 5) is 23.6. The lowest BCUT2D eigenvalue weighted by molar-refractivity contribution is -0.134. The lowest BCUT2D eigenvalue weighted by atomic mass is 10.3. The van der Waals surface area contributed by atoms with Crippen LogP contribution in [0.15, 0.2) is 24.3 Å². The number of carbonyl (C=O) groups is 2. The third-order valence-electron chi connectivity index (χ3n) is 2.35. The van der Waals surface area contributed by atoms with Crippen LogP contribution in [0.4, 0.5) is 4.39 Å². The summed E-state index contributed by atoms with van der Waals surface area (Å²) < 4.78 is 18.4. The number of hydrogen-bond acceptors (Lipinski definition) is 3. The van der Waals surface area contributed by atoms with E-state index in [0.29, 0.717) is 6.54 Å². The average molecular weight is 253 g/mol. The molecule has 1 amide bonds. The molecule has 0 aliphatic heterocycles. The van der Waals surface area contributed by atoms with E-state index in [1.54, 1.807) is 19.2 Å². The first-order chi connectivity index (χ1) is 8.50. The molecule has 1 aromatic carbocycles. The van der Waals surface area contributed by atoms with Crippen molar-refractivity contribution in [2.45, 2.75) is 13.3 Å². The van der Waals surface area contributed by atoms with Crippen molar-refractivity contribution >= 4 is 11.7 Å². The normalized spacial score (nSPS) is 9.94.